The molecule has 1 aromatic heterocycles. The fourth-order valence-corrected chi connectivity index (χ4v) is 4.41. The normalized spacial score (nSPS) is 14.1. The fraction of sp³-hybridized carbons (Fsp3) is 0.300. The number of carbonyl (C=O) groups is 1. The summed E-state index contributed by atoms with van der Waals surface area (Å²) in [5.74, 6) is 1.38. The van der Waals surface area contributed by atoms with Gasteiger partial charge in [-0.25, -0.2) is 4.98 Å². The van der Waals surface area contributed by atoms with Crippen LogP contribution in [0.4, 0.5) is 0 Å². The molecule has 7 nitrogen and oxygen atoms in total. The molecule has 9 heteroatoms. The largest absolute Gasteiger partial charge is 0.454 e. The Morgan fingerprint density at radius 2 is 2.14 bits per heavy atom. The zero-order chi connectivity index (χ0) is 21.0. The average molecular weight is 479 g/mol. The van der Waals surface area contributed by atoms with Gasteiger partial charge in [0.25, 0.3) is 0 Å². The molecule has 0 saturated heterocycles. The first-order chi connectivity index (χ1) is 13.9. The van der Waals surface area contributed by atoms with Gasteiger partial charge in [-0.15, -0.1) is 0 Å². The zero-order valence-electron chi connectivity index (χ0n) is 16.3. The monoisotopic (exact) mass is 478 g/mol. The van der Waals surface area contributed by atoms with Crippen LogP contribution in [0.1, 0.15) is 20.3 Å². The minimum Gasteiger partial charge on any atom is -0.454 e. The molecule has 1 aliphatic heterocycles. The summed E-state index contributed by atoms with van der Waals surface area (Å²) in [4.78, 5) is 16.9. The molecular weight excluding hydrogens is 456 g/mol. The summed E-state index contributed by atoms with van der Waals surface area (Å²) < 4.78 is 13.9. The number of nitrogens with zero attached hydrogens (tertiary/aromatic N) is 2. The van der Waals surface area contributed by atoms with Crippen molar-refractivity contribution in [2.75, 3.05) is 13.3 Å². The highest BCUT2D eigenvalue weighted by Gasteiger charge is 2.19. The number of allylic oxidation sites excluding steroid dienone is 1. The number of imidazole rings is 1. The van der Waals surface area contributed by atoms with Crippen molar-refractivity contribution in [3.8, 4) is 11.5 Å². The first kappa shape index (κ1) is 21.3. The minimum absolute atomic E-state index is 0.0424. The third-order valence-corrected chi connectivity index (χ3v) is 6.15. The van der Waals surface area contributed by atoms with Crippen LogP contribution < -0.4 is 31.2 Å². The summed E-state index contributed by atoms with van der Waals surface area (Å²) in [5.41, 5.74) is 6.72. The van der Waals surface area contributed by atoms with Gasteiger partial charge in [-0.2, -0.15) is 0 Å². The average Bonchev–Trinajstić information content (AvgIpc) is 3.24. The molecule has 0 saturated carbocycles. The van der Waals surface area contributed by atoms with E-state index in [1.54, 1.807) is 6.08 Å². The first-order valence-electron chi connectivity index (χ1n) is 9.07. The molecule has 1 aromatic carbocycles. The second-order valence-corrected chi connectivity index (χ2v) is 8.30. The molecule has 0 atom stereocenters. The Balaban J connectivity index is 2.00. The van der Waals surface area contributed by atoms with Crippen molar-refractivity contribution < 1.29 is 14.3 Å². The van der Waals surface area contributed by atoms with Gasteiger partial charge in [0.1, 0.15) is 5.35 Å². The Morgan fingerprint density at radius 3 is 2.79 bits per heavy atom. The van der Waals surface area contributed by atoms with E-state index >= 15 is 0 Å². The van der Waals surface area contributed by atoms with Crippen molar-refractivity contribution in [2.24, 2.45) is 5.73 Å². The number of rotatable bonds is 7. The first-order valence-corrected chi connectivity index (χ1v) is 10.7. The highest BCUT2D eigenvalue weighted by atomic mass is 79.9. The second-order valence-electron chi connectivity index (χ2n) is 6.44. The van der Waals surface area contributed by atoms with E-state index in [9.17, 15) is 4.79 Å². The van der Waals surface area contributed by atoms with Crippen molar-refractivity contribution in [3.05, 3.63) is 40.0 Å². The standard InChI is InChI=1S/C20H23BrN4O3S/c1-4-6-15-19(12(2)22)24-20(25(15)8-5-7-23-13(3)26)29-18-10-17-16(9-14(18)21)27-11-28-17/h4,6,9-10H,1,5,7-8,11,22H2,2-3H3,(H,23,26)/b15-6+,19-12-. The van der Waals surface area contributed by atoms with Gasteiger partial charge in [-0.1, -0.05) is 24.4 Å². The lowest BCUT2D eigenvalue weighted by atomic mass is 10.3. The smallest absolute Gasteiger partial charge is 0.231 e. The van der Waals surface area contributed by atoms with Crippen LogP contribution in [0, 0.1) is 0 Å². The quantitative estimate of drug-likeness (QED) is 0.592. The molecule has 3 rings (SSSR count). The number of nitrogens with one attached hydrogen (secondary N) is 1. The van der Waals surface area contributed by atoms with E-state index in [2.05, 4.69) is 32.4 Å². The molecule has 0 spiro atoms. The van der Waals surface area contributed by atoms with Crippen LogP contribution in [0.5, 0.6) is 11.5 Å². The number of aromatic nitrogens is 2. The van der Waals surface area contributed by atoms with Crippen molar-refractivity contribution in [1.29, 1.82) is 0 Å². The molecule has 0 aliphatic carbocycles. The van der Waals surface area contributed by atoms with E-state index in [4.69, 9.17) is 20.2 Å². The van der Waals surface area contributed by atoms with Gasteiger partial charge in [0.2, 0.25) is 12.7 Å². The van der Waals surface area contributed by atoms with E-state index in [0.717, 1.165) is 31.6 Å². The maximum Gasteiger partial charge on any atom is 0.231 e. The topological polar surface area (TPSA) is 91.4 Å². The van der Waals surface area contributed by atoms with E-state index in [-0.39, 0.29) is 12.7 Å². The lowest BCUT2D eigenvalue weighted by Crippen LogP contribution is -2.34. The van der Waals surface area contributed by atoms with Gasteiger partial charge in [0, 0.05) is 35.1 Å². The summed E-state index contributed by atoms with van der Waals surface area (Å²) in [6, 6.07) is 3.83. The molecule has 2 aromatic rings. The molecule has 0 fully saturated rings. The van der Waals surface area contributed by atoms with E-state index in [1.165, 1.54) is 18.7 Å². The van der Waals surface area contributed by atoms with Gasteiger partial charge >= 0.3 is 0 Å². The van der Waals surface area contributed by atoms with Crippen LogP contribution in [-0.2, 0) is 11.3 Å². The predicted octanol–water partition coefficient (Wildman–Crippen LogP) is 2.10. The SMILES string of the molecule is C=C/C=c1\c(=C(/C)N)nc(Sc2cc3c(cc2Br)OCO3)n1CCCNC(C)=O. The summed E-state index contributed by atoms with van der Waals surface area (Å²) in [6.07, 6.45) is 4.38. The molecular formula is C20H23BrN4O3S. The van der Waals surface area contributed by atoms with Crippen LogP contribution in [0.3, 0.4) is 0 Å². The molecule has 3 N–H and O–H groups in total. The minimum atomic E-state index is -0.0424. The second kappa shape index (κ2) is 9.41. The van der Waals surface area contributed by atoms with E-state index in [1.807, 2.05) is 25.1 Å². The summed E-state index contributed by atoms with van der Waals surface area (Å²) >= 11 is 5.11. The number of hydrogen-bond donors (Lipinski definition) is 2. The molecule has 2 heterocycles. The summed E-state index contributed by atoms with van der Waals surface area (Å²) in [7, 11) is 0. The van der Waals surface area contributed by atoms with Crippen molar-refractivity contribution in [2.45, 2.75) is 36.9 Å². The van der Waals surface area contributed by atoms with Crippen LogP contribution in [0.2, 0.25) is 0 Å². The lowest BCUT2D eigenvalue weighted by molar-refractivity contribution is -0.118. The number of halogens is 1. The third kappa shape index (κ3) is 4.97. The van der Waals surface area contributed by atoms with E-state index in [0.29, 0.717) is 30.3 Å². The predicted molar refractivity (Wildman–Crippen MR) is 117 cm³/mol. The van der Waals surface area contributed by atoms with Crippen molar-refractivity contribution in [3.63, 3.8) is 0 Å². The Labute approximate surface area is 181 Å². The number of amides is 1. The Hall–Kier alpha value is -2.39. The van der Waals surface area contributed by atoms with Crippen LogP contribution in [0.15, 0.2) is 39.3 Å². The lowest BCUT2D eigenvalue weighted by Gasteiger charge is -2.10. The molecule has 29 heavy (non-hydrogen) atoms. The Kier molecular flexibility index (Phi) is 6.92. The maximum absolute atomic E-state index is 11.2. The molecule has 0 bridgehead atoms. The Bertz CT molecular complexity index is 1060. The third-order valence-electron chi connectivity index (χ3n) is 4.18. The molecule has 0 unspecified atom stereocenters. The molecule has 1 aliphatic rings. The fourth-order valence-electron chi connectivity index (χ4n) is 2.89. The maximum atomic E-state index is 11.2. The van der Waals surface area contributed by atoms with Gasteiger partial charge in [0.05, 0.1) is 5.35 Å². The number of fused-ring (bicyclic) bond motifs is 1. The highest BCUT2D eigenvalue weighted by Crippen LogP contribution is 2.42. The number of carbonyl (C=O) groups excluding carboxylic acids is 1. The number of nitrogens with two attached hydrogens (primary N) is 1. The van der Waals surface area contributed by atoms with Gasteiger partial charge in [-0.3, -0.25) is 4.79 Å². The van der Waals surface area contributed by atoms with Crippen LogP contribution in [-0.4, -0.2) is 28.8 Å². The summed E-state index contributed by atoms with van der Waals surface area (Å²) in [5, 5.41) is 5.23. The van der Waals surface area contributed by atoms with Crippen LogP contribution >= 0.6 is 27.7 Å². The number of ether oxygens (including phenoxy) is 2. The summed E-state index contributed by atoms with van der Waals surface area (Å²) in [6.45, 7) is 8.63. The van der Waals surface area contributed by atoms with Gasteiger partial charge in [0.15, 0.2) is 16.7 Å². The van der Waals surface area contributed by atoms with E-state index < -0.39 is 0 Å². The molecule has 1 amide bonds. The Morgan fingerprint density at radius 1 is 1.41 bits per heavy atom. The molecule has 154 valence electrons. The van der Waals surface area contributed by atoms with Gasteiger partial charge in [-0.05, 0) is 47.5 Å². The van der Waals surface area contributed by atoms with Crippen molar-refractivity contribution >= 4 is 45.4 Å². The number of benzene rings is 1. The zero-order valence-corrected chi connectivity index (χ0v) is 18.7. The number of hydrogen-bond acceptors (Lipinski definition) is 6. The van der Waals surface area contributed by atoms with Gasteiger partial charge < -0.3 is 25.1 Å². The highest BCUT2D eigenvalue weighted by molar-refractivity contribution is 9.10. The van der Waals surface area contributed by atoms with Crippen LogP contribution in [0.25, 0.3) is 11.8 Å². The van der Waals surface area contributed by atoms with Crippen molar-refractivity contribution in [1.82, 2.24) is 14.9 Å². The molecule has 0 radical (unpaired) electrons.